The summed E-state index contributed by atoms with van der Waals surface area (Å²) in [6.45, 7) is 6.84. The van der Waals surface area contributed by atoms with E-state index in [1.165, 1.54) is 25.7 Å². The number of carboxylic acids is 1. The first kappa shape index (κ1) is 13.5. The molecule has 0 aromatic heterocycles. The lowest BCUT2D eigenvalue weighted by atomic mass is 9.91. The van der Waals surface area contributed by atoms with Crippen LogP contribution in [0.25, 0.3) is 0 Å². The van der Waals surface area contributed by atoms with Crippen molar-refractivity contribution in [3.63, 3.8) is 0 Å². The van der Waals surface area contributed by atoms with E-state index >= 15 is 0 Å². The summed E-state index contributed by atoms with van der Waals surface area (Å²) in [4.78, 5) is 13.1. The van der Waals surface area contributed by atoms with Crippen LogP contribution in [0.3, 0.4) is 0 Å². The number of carbonyl (C=O) groups is 1. The monoisotopic (exact) mass is 227 g/mol. The van der Waals surface area contributed by atoms with Crippen molar-refractivity contribution in [2.45, 2.75) is 58.4 Å². The molecule has 1 aliphatic heterocycles. The van der Waals surface area contributed by atoms with E-state index in [2.05, 4.69) is 18.7 Å². The van der Waals surface area contributed by atoms with Gasteiger partial charge in [-0.05, 0) is 51.1 Å². The Balaban J connectivity index is 2.25. The SMILES string of the molecule is CCC(CC)N1CCC(CCC(=O)O)CC1. The van der Waals surface area contributed by atoms with Gasteiger partial charge in [-0.25, -0.2) is 0 Å². The molecule has 0 bridgehead atoms. The molecule has 16 heavy (non-hydrogen) atoms. The summed E-state index contributed by atoms with van der Waals surface area (Å²) in [6.07, 6.45) is 6.04. The van der Waals surface area contributed by atoms with Gasteiger partial charge in [0, 0.05) is 12.5 Å². The Kier molecular flexibility index (Phi) is 5.81. The van der Waals surface area contributed by atoms with Crippen molar-refractivity contribution in [1.82, 2.24) is 4.90 Å². The van der Waals surface area contributed by atoms with Crippen LogP contribution >= 0.6 is 0 Å². The molecule has 0 atom stereocenters. The van der Waals surface area contributed by atoms with Gasteiger partial charge in [-0.2, -0.15) is 0 Å². The molecule has 3 heteroatoms. The number of carboxylic acid groups (broad SMARTS) is 1. The molecule has 1 saturated heterocycles. The number of nitrogens with zero attached hydrogens (tertiary/aromatic N) is 1. The third kappa shape index (κ3) is 4.12. The van der Waals surface area contributed by atoms with Crippen LogP contribution in [0.5, 0.6) is 0 Å². The standard InChI is InChI=1S/C13H25NO2/c1-3-12(4-2)14-9-7-11(8-10-14)5-6-13(15)16/h11-12H,3-10H2,1-2H3,(H,15,16). The minimum atomic E-state index is -0.651. The first-order chi connectivity index (χ1) is 7.67. The van der Waals surface area contributed by atoms with E-state index in [9.17, 15) is 4.79 Å². The summed E-state index contributed by atoms with van der Waals surface area (Å²) in [5, 5.41) is 8.65. The summed E-state index contributed by atoms with van der Waals surface area (Å²) in [7, 11) is 0. The summed E-state index contributed by atoms with van der Waals surface area (Å²) in [5.74, 6) is -0.0101. The lowest BCUT2D eigenvalue weighted by Crippen LogP contribution is -2.40. The maximum atomic E-state index is 10.5. The Labute approximate surface area is 98.8 Å². The van der Waals surface area contributed by atoms with E-state index in [0.29, 0.717) is 12.3 Å². The first-order valence-corrected chi connectivity index (χ1v) is 6.63. The highest BCUT2D eigenvalue weighted by atomic mass is 16.4. The topological polar surface area (TPSA) is 40.5 Å². The van der Waals surface area contributed by atoms with E-state index in [0.717, 1.165) is 25.6 Å². The van der Waals surface area contributed by atoms with Crippen molar-refractivity contribution in [3.8, 4) is 0 Å². The summed E-state index contributed by atoms with van der Waals surface area (Å²) < 4.78 is 0. The number of likely N-dealkylation sites (tertiary alicyclic amines) is 1. The van der Waals surface area contributed by atoms with Gasteiger partial charge in [-0.15, -0.1) is 0 Å². The van der Waals surface area contributed by atoms with E-state index in [-0.39, 0.29) is 0 Å². The van der Waals surface area contributed by atoms with Crippen LogP contribution in [-0.4, -0.2) is 35.1 Å². The van der Waals surface area contributed by atoms with E-state index in [1.807, 2.05) is 0 Å². The maximum absolute atomic E-state index is 10.5. The number of hydrogen-bond donors (Lipinski definition) is 1. The molecular formula is C13H25NO2. The zero-order valence-electron chi connectivity index (χ0n) is 10.6. The third-order valence-corrected chi connectivity index (χ3v) is 3.87. The fraction of sp³-hybridized carbons (Fsp3) is 0.923. The van der Waals surface area contributed by atoms with Gasteiger partial charge in [0.2, 0.25) is 0 Å². The Morgan fingerprint density at radius 2 is 1.88 bits per heavy atom. The molecule has 3 nitrogen and oxygen atoms in total. The second-order valence-corrected chi connectivity index (χ2v) is 4.88. The van der Waals surface area contributed by atoms with Crippen LogP contribution in [0.2, 0.25) is 0 Å². The lowest BCUT2D eigenvalue weighted by molar-refractivity contribution is -0.137. The van der Waals surface area contributed by atoms with Gasteiger partial charge in [-0.1, -0.05) is 13.8 Å². The van der Waals surface area contributed by atoms with Crippen LogP contribution in [0.1, 0.15) is 52.4 Å². The van der Waals surface area contributed by atoms with Gasteiger partial charge in [0.25, 0.3) is 0 Å². The minimum Gasteiger partial charge on any atom is -0.481 e. The van der Waals surface area contributed by atoms with Crippen molar-refractivity contribution in [1.29, 1.82) is 0 Å². The maximum Gasteiger partial charge on any atom is 0.303 e. The molecule has 1 fully saturated rings. The van der Waals surface area contributed by atoms with Crippen molar-refractivity contribution in [3.05, 3.63) is 0 Å². The van der Waals surface area contributed by atoms with E-state index in [1.54, 1.807) is 0 Å². The van der Waals surface area contributed by atoms with Gasteiger partial charge in [0.1, 0.15) is 0 Å². The second kappa shape index (κ2) is 6.89. The third-order valence-electron chi connectivity index (χ3n) is 3.87. The fourth-order valence-electron chi connectivity index (χ4n) is 2.74. The van der Waals surface area contributed by atoms with Gasteiger partial charge in [0.15, 0.2) is 0 Å². The quantitative estimate of drug-likeness (QED) is 0.758. The van der Waals surface area contributed by atoms with E-state index in [4.69, 9.17) is 5.11 Å². The highest BCUT2D eigenvalue weighted by Crippen LogP contribution is 2.24. The average Bonchev–Trinajstić information content (AvgIpc) is 2.29. The Morgan fingerprint density at radius 1 is 1.31 bits per heavy atom. The predicted octanol–water partition coefficient (Wildman–Crippen LogP) is 2.75. The minimum absolute atomic E-state index is 0.343. The number of rotatable bonds is 6. The van der Waals surface area contributed by atoms with Gasteiger partial charge < -0.3 is 10.0 Å². The zero-order valence-corrected chi connectivity index (χ0v) is 10.6. The van der Waals surface area contributed by atoms with Gasteiger partial charge in [0.05, 0.1) is 0 Å². The fourth-order valence-corrected chi connectivity index (χ4v) is 2.74. The molecule has 1 aliphatic rings. The molecule has 1 rings (SSSR count). The van der Waals surface area contributed by atoms with Crippen LogP contribution in [0, 0.1) is 5.92 Å². The highest BCUT2D eigenvalue weighted by Gasteiger charge is 2.23. The molecular weight excluding hydrogens is 202 g/mol. The number of hydrogen-bond acceptors (Lipinski definition) is 2. The Hall–Kier alpha value is -0.570. The van der Waals surface area contributed by atoms with Crippen molar-refractivity contribution < 1.29 is 9.90 Å². The van der Waals surface area contributed by atoms with Gasteiger partial charge >= 0.3 is 5.97 Å². The molecule has 1 heterocycles. The van der Waals surface area contributed by atoms with Crippen LogP contribution in [0.4, 0.5) is 0 Å². The molecule has 94 valence electrons. The number of aliphatic carboxylic acids is 1. The first-order valence-electron chi connectivity index (χ1n) is 6.63. The Bertz CT molecular complexity index is 206. The van der Waals surface area contributed by atoms with Crippen molar-refractivity contribution in [2.24, 2.45) is 5.92 Å². The van der Waals surface area contributed by atoms with Gasteiger partial charge in [-0.3, -0.25) is 4.79 Å². The van der Waals surface area contributed by atoms with Crippen molar-refractivity contribution >= 4 is 5.97 Å². The molecule has 0 radical (unpaired) electrons. The molecule has 0 aliphatic carbocycles. The molecule has 0 spiro atoms. The summed E-state index contributed by atoms with van der Waals surface area (Å²) in [6, 6.07) is 0.737. The van der Waals surface area contributed by atoms with Crippen LogP contribution in [0.15, 0.2) is 0 Å². The molecule has 0 aromatic rings. The number of piperidine rings is 1. The summed E-state index contributed by atoms with van der Waals surface area (Å²) >= 11 is 0. The smallest absolute Gasteiger partial charge is 0.303 e. The van der Waals surface area contributed by atoms with Crippen molar-refractivity contribution in [2.75, 3.05) is 13.1 Å². The predicted molar refractivity (Wildman–Crippen MR) is 65.5 cm³/mol. The largest absolute Gasteiger partial charge is 0.481 e. The normalized spacial score (nSPS) is 19.2. The van der Waals surface area contributed by atoms with Crippen LogP contribution in [-0.2, 0) is 4.79 Å². The molecule has 0 saturated carbocycles. The molecule has 0 aromatic carbocycles. The second-order valence-electron chi connectivity index (χ2n) is 4.88. The highest BCUT2D eigenvalue weighted by molar-refractivity contribution is 5.66. The summed E-state index contributed by atoms with van der Waals surface area (Å²) in [5.41, 5.74) is 0. The molecule has 0 unspecified atom stereocenters. The lowest BCUT2D eigenvalue weighted by Gasteiger charge is -2.36. The molecule has 1 N–H and O–H groups in total. The molecule has 0 amide bonds. The average molecular weight is 227 g/mol. The Morgan fingerprint density at radius 3 is 2.31 bits per heavy atom. The zero-order chi connectivity index (χ0) is 12.0. The van der Waals surface area contributed by atoms with Crippen LogP contribution < -0.4 is 0 Å². The van der Waals surface area contributed by atoms with E-state index < -0.39 is 5.97 Å².